The summed E-state index contributed by atoms with van der Waals surface area (Å²) in [7, 11) is 0. The standard InChI is InChI=1S/C21H18F2N2O/c1-12-6-20(14-2-4-18(26)5-3-14)15(10-19(12)21(24)25)7-13-8-16(22)11-17(23)9-13/h2-6,8-11,26H,7H2,1H3,(H3,24,25). The molecule has 3 rings (SSSR count). The van der Waals surface area contributed by atoms with E-state index in [0.717, 1.165) is 28.3 Å². The second-order valence-corrected chi connectivity index (χ2v) is 6.24. The first-order chi connectivity index (χ1) is 12.3. The van der Waals surface area contributed by atoms with Crippen LogP contribution in [-0.2, 0) is 6.42 Å². The highest BCUT2D eigenvalue weighted by atomic mass is 19.1. The second kappa shape index (κ2) is 6.96. The Morgan fingerprint density at radius 3 is 2.19 bits per heavy atom. The van der Waals surface area contributed by atoms with E-state index in [9.17, 15) is 13.9 Å². The van der Waals surface area contributed by atoms with Crippen LogP contribution < -0.4 is 5.73 Å². The molecule has 0 aromatic heterocycles. The molecule has 0 radical (unpaired) electrons. The quantitative estimate of drug-likeness (QED) is 0.477. The molecular weight excluding hydrogens is 334 g/mol. The Balaban J connectivity index is 2.15. The Kier molecular flexibility index (Phi) is 4.71. The third-order valence-electron chi connectivity index (χ3n) is 4.24. The number of nitrogen functional groups attached to an aromatic ring is 1. The molecule has 0 atom stereocenters. The fourth-order valence-electron chi connectivity index (χ4n) is 3.03. The van der Waals surface area contributed by atoms with Crippen LogP contribution in [0.5, 0.6) is 5.75 Å². The number of aromatic hydroxyl groups is 1. The lowest BCUT2D eigenvalue weighted by Crippen LogP contribution is -2.13. The number of amidine groups is 1. The summed E-state index contributed by atoms with van der Waals surface area (Å²) in [6.07, 6.45) is 0.283. The number of hydrogen-bond acceptors (Lipinski definition) is 2. The zero-order chi connectivity index (χ0) is 18.8. The SMILES string of the molecule is Cc1cc(-c2ccc(O)cc2)c(Cc2cc(F)cc(F)c2)cc1C(=N)N. The summed E-state index contributed by atoms with van der Waals surface area (Å²) in [5.74, 6) is -1.18. The minimum Gasteiger partial charge on any atom is -0.508 e. The highest BCUT2D eigenvalue weighted by Crippen LogP contribution is 2.30. The van der Waals surface area contributed by atoms with Crippen LogP contribution in [0.4, 0.5) is 8.78 Å². The normalized spacial score (nSPS) is 10.7. The topological polar surface area (TPSA) is 70.1 Å². The minimum absolute atomic E-state index is 0.0635. The number of phenols is 1. The van der Waals surface area contributed by atoms with E-state index in [-0.39, 0.29) is 18.0 Å². The van der Waals surface area contributed by atoms with Crippen molar-refractivity contribution in [1.82, 2.24) is 0 Å². The summed E-state index contributed by atoms with van der Waals surface area (Å²) in [5.41, 5.74) is 10.1. The minimum atomic E-state index is -0.634. The molecular formula is C21H18F2N2O. The van der Waals surface area contributed by atoms with E-state index in [2.05, 4.69) is 0 Å². The van der Waals surface area contributed by atoms with Gasteiger partial charge in [-0.3, -0.25) is 5.41 Å². The van der Waals surface area contributed by atoms with E-state index in [1.54, 1.807) is 30.3 Å². The zero-order valence-electron chi connectivity index (χ0n) is 14.2. The number of rotatable bonds is 4. The summed E-state index contributed by atoms with van der Waals surface area (Å²) in [6, 6.07) is 13.8. The van der Waals surface area contributed by atoms with Crippen LogP contribution in [0.2, 0.25) is 0 Å². The lowest BCUT2D eigenvalue weighted by atomic mass is 9.90. The molecule has 0 fully saturated rings. The summed E-state index contributed by atoms with van der Waals surface area (Å²) in [6.45, 7) is 1.85. The van der Waals surface area contributed by atoms with Gasteiger partial charge in [0.05, 0.1) is 0 Å². The number of phenolic OH excluding ortho intramolecular Hbond substituents is 1. The largest absolute Gasteiger partial charge is 0.508 e. The van der Waals surface area contributed by atoms with E-state index in [0.29, 0.717) is 11.1 Å². The number of nitrogens with two attached hydrogens (primary N) is 1. The van der Waals surface area contributed by atoms with Gasteiger partial charge in [0, 0.05) is 11.6 Å². The van der Waals surface area contributed by atoms with E-state index >= 15 is 0 Å². The Labute approximate surface area is 150 Å². The van der Waals surface area contributed by atoms with Gasteiger partial charge in [-0.15, -0.1) is 0 Å². The number of nitrogens with one attached hydrogen (secondary N) is 1. The van der Waals surface area contributed by atoms with Gasteiger partial charge < -0.3 is 10.8 Å². The fourth-order valence-corrected chi connectivity index (χ4v) is 3.03. The van der Waals surface area contributed by atoms with E-state index < -0.39 is 11.6 Å². The average Bonchev–Trinajstić information content (AvgIpc) is 2.56. The van der Waals surface area contributed by atoms with Crippen LogP contribution >= 0.6 is 0 Å². The molecule has 3 aromatic rings. The van der Waals surface area contributed by atoms with Gasteiger partial charge in [-0.2, -0.15) is 0 Å². The molecule has 0 saturated carbocycles. The maximum absolute atomic E-state index is 13.5. The highest BCUT2D eigenvalue weighted by molar-refractivity contribution is 5.97. The van der Waals surface area contributed by atoms with Crippen molar-refractivity contribution in [3.63, 3.8) is 0 Å². The Hall–Kier alpha value is -3.21. The van der Waals surface area contributed by atoms with Gasteiger partial charge >= 0.3 is 0 Å². The molecule has 132 valence electrons. The van der Waals surface area contributed by atoms with Gasteiger partial charge in [0.25, 0.3) is 0 Å². The number of halogens is 2. The van der Waals surface area contributed by atoms with E-state index in [4.69, 9.17) is 11.1 Å². The van der Waals surface area contributed by atoms with Crippen molar-refractivity contribution in [2.75, 3.05) is 0 Å². The molecule has 5 heteroatoms. The van der Waals surface area contributed by atoms with Gasteiger partial charge in [-0.25, -0.2) is 8.78 Å². The first-order valence-corrected chi connectivity index (χ1v) is 8.06. The zero-order valence-corrected chi connectivity index (χ0v) is 14.2. The fraction of sp³-hybridized carbons (Fsp3) is 0.0952. The molecule has 0 aliphatic rings. The molecule has 4 N–H and O–H groups in total. The van der Waals surface area contributed by atoms with Gasteiger partial charge in [0.15, 0.2) is 0 Å². The third-order valence-corrected chi connectivity index (χ3v) is 4.24. The summed E-state index contributed by atoms with van der Waals surface area (Å²) in [4.78, 5) is 0. The molecule has 0 amide bonds. The van der Waals surface area contributed by atoms with Gasteiger partial charge in [0.1, 0.15) is 23.2 Å². The van der Waals surface area contributed by atoms with Crippen molar-refractivity contribution in [3.8, 4) is 16.9 Å². The Morgan fingerprint density at radius 2 is 1.62 bits per heavy atom. The van der Waals surface area contributed by atoms with Crippen molar-refractivity contribution < 1.29 is 13.9 Å². The Bertz CT molecular complexity index is 962. The number of aryl methyl sites for hydroxylation is 1. The van der Waals surface area contributed by atoms with Gasteiger partial charge in [-0.05, 0) is 71.5 Å². The Morgan fingerprint density at radius 1 is 1.00 bits per heavy atom. The van der Waals surface area contributed by atoms with Crippen LogP contribution in [-0.4, -0.2) is 10.9 Å². The molecule has 0 bridgehead atoms. The molecule has 26 heavy (non-hydrogen) atoms. The van der Waals surface area contributed by atoms with E-state index in [1.165, 1.54) is 12.1 Å². The molecule has 0 spiro atoms. The first kappa shape index (κ1) is 17.6. The predicted octanol–water partition coefficient (Wildman–Crippen LogP) is 4.52. The van der Waals surface area contributed by atoms with Crippen LogP contribution in [0.3, 0.4) is 0 Å². The molecule has 0 unspecified atom stereocenters. The highest BCUT2D eigenvalue weighted by Gasteiger charge is 2.13. The molecule has 0 heterocycles. The smallest absolute Gasteiger partial charge is 0.126 e. The van der Waals surface area contributed by atoms with Crippen molar-refractivity contribution in [1.29, 1.82) is 5.41 Å². The maximum atomic E-state index is 13.5. The molecule has 0 aliphatic heterocycles. The van der Waals surface area contributed by atoms with Crippen LogP contribution in [0, 0.1) is 24.0 Å². The third kappa shape index (κ3) is 3.72. The summed E-state index contributed by atoms with van der Waals surface area (Å²) in [5, 5.41) is 17.3. The van der Waals surface area contributed by atoms with Gasteiger partial charge in [0.2, 0.25) is 0 Å². The summed E-state index contributed by atoms with van der Waals surface area (Å²) >= 11 is 0. The second-order valence-electron chi connectivity index (χ2n) is 6.24. The van der Waals surface area contributed by atoms with Crippen molar-refractivity contribution in [2.24, 2.45) is 5.73 Å². The van der Waals surface area contributed by atoms with Gasteiger partial charge in [-0.1, -0.05) is 18.2 Å². The molecule has 0 saturated heterocycles. The number of hydrogen-bond donors (Lipinski definition) is 3. The lowest BCUT2D eigenvalue weighted by molar-refractivity contribution is 0.475. The molecule has 0 aliphatic carbocycles. The van der Waals surface area contributed by atoms with E-state index in [1.807, 2.05) is 13.0 Å². The predicted molar refractivity (Wildman–Crippen MR) is 98.5 cm³/mol. The van der Waals surface area contributed by atoms with Crippen molar-refractivity contribution in [2.45, 2.75) is 13.3 Å². The molecule has 3 aromatic carbocycles. The first-order valence-electron chi connectivity index (χ1n) is 8.06. The van der Waals surface area contributed by atoms with Crippen LogP contribution in [0.25, 0.3) is 11.1 Å². The average molecular weight is 352 g/mol. The maximum Gasteiger partial charge on any atom is 0.126 e. The lowest BCUT2D eigenvalue weighted by Gasteiger charge is -2.15. The monoisotopic (exact) mass is 352 g/mol. The number of benzene rings is 3. The van der Waals surface area contributed by atoms with Crippen molar-refractivity contribution in [3.05, 3.63) is 88.5 Å². The van der Waals surface area contributed by atoms with Crippen LogP contribution in [0.1, 0.15) is 22.3 Å². The molecule has 3 nitrogen and oxygen atoms in total. The summed E-state index contributed by atoms with van der Waals surface area (Å²) < 4.78 is 27.1. The van der Waals surface area contributed by atoms with Crippen molar-refractivity contribution >= 4 is 5.84 Å². The van der Waals surface area contributed by atoms with Crippen LogP contribution in [0.15, 0.2) is 54.6 Å².